The lowest BCUT2D eigenvalue weighted by Crippen LogP contribution is -2.62. The van der Waals surface area contributed by atoms with Gasteiger partial charge in [-0.05, 0) is 41.5 Å². The third kappa shape index (κ3) is 4.21. The van der Waals surface area contributed by atoms with Crippen LogP contribution in [0.3, 0.4) is 0 Å². The van der Waals surface area contributed by atoms with Crippen LogP contribution < -0.4 is 0 Å². The van der Waals surface area contributed by atoms with E-state index < -0.39 is 11.1 Å². The molecule has 1 aromatic heterocycles. The highest BCUT2D eigenvalue weighted by molar-refractivity contribution is 5.92. The molecule has 7 nitrogen and oxygen atoms in total. The van der Waals surface area contributed by atoms with Crippen molar-refractivity contribution in [2.75, 3.05) is 19.6 Å². The minimum Gasteiger partial charge on any atom is -0.444 e. The normalized spacial score (nSPS) is 17.6. The lowest BCUT2D eigenvalue weighted by molar-refractivity contribution is -0.0110. The van der Waals surface area contributed by atoms with Gasteiger partial charge >= 0.3 is 6.09 Å². The van der Waals surface area contributed by atoms with Crippen LogP contribution in [0.25, 0.3) is 0 Å². The third-order valence-electron chi connectivity index (χ3n) is 3.80. The molecule has 1 aliphatic heterocycles. The average molecular weight is 334 g/mol. The monoisotopic (exact) mass is 334 g/mol. The number of nitrogens with zero attached hydrogens (tertiary/aromatic N) is 4. The van der Waals surface area contributed by atoms with E-state index in [4.69, 9.17) is 4.74 Å². The van der Waals surface area contributed by atoms with E-state index in [0.29, 0.717) is 25.3 Å². The molecule has 7 heteroatoms. The first-order valence-corrected chi connectivity index (χ1v) is 8.08. The van der Waals surface area contributed by atoms with Crippen LogP contribution in [0.5, 0.6) is 0 Å². The van der Waals surface area contributed by atoms with Crippen molar-refractivity contribution in [1.29, 1.82) is 0 Å². The predicted octanol–water partition coefficient (Wildman–Crippen LogP) is 2.26. The second-order valence-electron chi connectivity index (χ2n) is 7.71. The van der Waals surface area contributed by atoms with Crippen LogP contribution in [-0.4, -0.2) is 62.5 Å². The summed E-state index contributed by atoms with van der Waals surface area (Å²) < 4.78 is 5.43. The van der Waals surface area contributed by atoms with Crippen molar-refractivity contribution in [3.63, 3.8) is 0 Å². The number of aryl methyl sites for hydroxylation is 1. The Bertz CT molecular complexity index is 620. The molecule has 2 heterocycles. The molecule has 0 saturated carbocycles. The molecule has 0 bridgehead atoms. The summed E-state index contributed by atoms with van der Waals surface area (Å²) in [6.45, 7) is 12.5. The lowest BCUT2D eigenvalue weighted by Gasteiger charge is -2.46. The van der Waals surface area contributed by atoms with Gasteiger partial charge in [-0.3, -0.25) is 9.78 Å². The van der Waals surface area contributed by atoms with Gasteiger partial charge in [-0.2, -0.15) is 0 Å². The summed E-state index contributed by atoms with van der Waals surface area (Å²) in [5, 5.41) is 0. The highest BCUT2D eigenvalue weighted by atomic mass is 16.6. The zero-order chi connectivity index (χ0) is 18.1. The summed E-state index contributed by atoms with van der Waals surface area (Å²) in [5.74, 6) is -0.170. The fraction of sp³-hybridized carbons (Fsp3) is 0.647. The number of rotatable bonds is 1. The molecule has 132 valence electrons. The maximum Gasteiger partial charge on any atom is 0.410 e. The summed E-state index contributed by atoms with van der Waals surface area (Å²) >= 11 is 0. The molecule has 0 N–H and O–H groups in total. The largest absolute Gasteiger partial charge is 0.444 e. The number of ether oxygens (including phenoxy) is 1. The summed E-state index contributed by atoms with van der Waals surface area (Å²) in [5.41, 5.74) is 0.0322. The molecule has 1 fully saturated rings. The van der Waals surface area contributed by atoms with E-state index in [9.17, 15) is 9.59 Å². The Morgan fingerprint density at radius 2 is 1.83 bits per heavy atom. The standard InChI is InChI=1S/C17H26N4O3/c1-12-9-19-13(10-18-12)14(22)21-8-7-20(11-17(21,5)6)15(23)24-16(2,3)4/h9-10H,7-8,11H2,1-6H3. The molecule has 2 rings (SSSR count). The SMILES string of the molecule is Cc1cnc(C(=O)N2CCN(C(=O)OC(C)(C)C)CC2(C)C)cn1. The van der Waals surface area contributed by atoms with E-state index >= 15 is 0 Å². The van der Waals surface area contributed by atoms with Crippen LogP contribution in [0, 0.1) is 6.92 Å². The van der Waals surface area contributed by atoms with Gasteiger partial charge in [-0.15, -0.1) is 0 Å². The van der Waals surface area contributed by atoms with Crippen molar-refractivity contribution in [3.05, 3.63) is 23.8 Å². The Balaban J connectivity index is 2.10. The van der Waals surface area contributed by atoms with Gasteiger partial charge in [0, 0.05) is 25.8 Å². The number of hydrogen-bond acceptors (Lipinski definition) is 5. The number of piperazine rings is 1. The van der Waals surface area contributed by atoms with Gasteiger partial charge in [0.15, 0.2) is 0 Å². The highest BCUT2D eigenvalue weighted by Gasteiger charge is 2.40. The molecule has 1 aliphatic rings. The summed E-state index contributed by atoms with van der Waals surface area (Å²) in [6.07, 6.45) is 2.73. The molecule has 1 saturated heterocycles. The van der Waals surface area contributed by atoms with Crippen LogP contribution in [0.2, 0.25) is 0 Å². The van der Waals surface area contributed by atoms with Crippen LogP contribution in [0.4, 0.5) is 4.79 Å². The lowest BCUT2D eigenvalue weighted by atomic mass is 9.98. The van der Waals surface area contributed by atoms with E-state index in [-0.39, 0.29) is 12.0 Å². The molecule has 0 radical (unpaired) electrons. The van der Waals surface area contributed by atoms with Crippen LogP contribution in [0.1, 0.15) is 50.8 Å². The first-order valence-electron chi connectivity index (χ1n) is 8.08. The molecule has 0 spiro atoms. The molecular weight excluding hydrogens is 308 g/mol. The van der Waals surface area contributed by atoms with E-state index in [2.05, 4.69) is 9.97 Å². The molecule has 2 amide bonds. The Morgan fingerprint density at radius 1 is 1.17 bits per heavy atom. The van der Waals surface area contributed by atoms with Crippen molar-refractivity contribution in [1.82, 2.24) is 19.8 Å². The molecule has 1 aromatic rings. The van der Waals surface area contributed by atoms with Gasteiger partial charge in [0.1, 0.15) is 11.3 Å². The van der Waals surface area contributed by atoms with Crippen molar-refractivity contribution in [3.8, 4) is 0 Å². The smallest absolute Gasteiger partial charge is 0.410 e. The maximum atomic E-state index is 12.7. The predicted molar refractivity (Wildman–Crippen MR) is 89.7 cm³/mol. The zero-order valence-corrected chi connectivity index (χ0v) is 15.3. The second-order valence-corrected chi connectivity index (χ2v) is 7.71. The summed E-state index contributed by atoms with van der Waals surface area (Å²) in [4.78, 5) is 36.7. The minimum atomic E-state index is -0.536. The van der Waals surface area contributed by atoms with Gasteiger partial charge in [-0.25, -0.2) is 9.78 Å². The number of amides is 2. The molecule has 0 aliphatic carbocycles. The number of carbonyl (C=O) groups is 2. The quantitative estimate of drug-likeness (QED) is 0.787. The zero-order valence-electron chi connectivity index (χ0n) is 15.3. The summed E-state index contributed by atoms with van der Waals surface area (Å²) in [6, 6.07) is 0. The first-order chi connectivity index (χ1) is 11.0. The van der Waals surface area contributed by atoms with E-state index in [1.54, 1.807) is 16.0 Å². The van der Waals surface area contributed by atoms with Crippen LogP contribution >= 0.6 is 0 Å². The molecular formula is C17H26N4O3. The van der Waals surface area contributed by atoms with Gasteiger partial charge < -0.3 is 14.5 Å². The molecule has 0 atom stereocenters. The van der Waals surface area contributed by atoms with Gasteiger partial charge in [0.2, 0.25) is 0 Å². The van der Waals surface area contributed by atoms with E-state index in [0.717, 1.165) is 5.69 Å². The van der Waals surface area contributed by atoms with Crippen molar-refractivity contribution in [2.24, 2.45) is 0 Å². The highest BCUT2D eigenvalue weighted by Crippen LogP contribution is 2.24. The van der Waals surface area contributed by atoms with Crippen molar-refractivity contribution >= 4 is 12.0 Å². The number of hydrogen-bond donors (Lipinski definition) is 0. The average Bonchev–Trinajstić information content (AvgIpc) is 2.44. The molecule has 24 heavy (non-hydrogen) atoms. The third-order valence-corrected chi connectivity index (χ3v) is 3.80. The minimum absolute atomic E-state index is 0.170. The Labute approximate surface area is 143 Å². The van der Waals surface area contributed by atoms with Gasteiger partial charge in [0.05, 0.1) is 17.4 Å². The molecule has 0 unspecified atom stereocenters. The van der Waals surface area contributed by atoms with Gasteiger partial charge in [0.25, 0.3) is 5.91 Å². The van der Waals surface area contributed by atoms with Crippen molar-refractivity contribution in [2.45, 2.75) is 52.7 Å². The Hall–Kier alpha value is -2.18. The van der Waals surface area contributed by atoms with Crippen molar-refractivity contribution < 1.29 is 14.3 Å². The van der Waals surface area contributed by atoms with Gasteiger partial charge in [-0.1, -0.05) is 0 Å². The fourth-order valence-electron chi connectivity index (χ4n) is 2.65. The Morgan fingerprint density at radius 3 is 2.33 bits per heavy atom. The van der Waals surface area contributed by atoms with E-state index in [1.165, 1.54) is 6.20 Å². The first kappa shape index (κ1) is 18.2. The summed E-state index contributed by atoms with van der Waals surface area (Å²) in [7, 11) is 0. The Kier molecular flexibility index (Phi) is 4.82. The molecule has 0 aromatic carbocycles. The number of aromatic nitrogens is 2. The van der Waals surface area contributed by atoms with Crippen LogP contribution in [-0.2, 0) is 4.74 Å². The number of carbonyl (C=O) groups excluding carboxylic acids is 2. The topological polar surface area (TPSA) is 75.6 Å². The maximum absolute atomic E-state index is 12.7. The second kappa shape index (κ2) is 6.37. The van der Waals surface area contributed by atoms with Crippen LogP contribution in [0.15, 0.2) is 12.4 Å². The van der Waals surface area contributed by atoms with E-state index in [1.807, 2.05) is 41.5 Å². The fourth-order valence-corrected chi connectivity index (χ4v) is 2.65.